The van der Waals surface area contributed by atoms with Crippen LogP contribution in [0.1, 0.15) is 0 Å². The Morgan fingerprint density at radius 2 is 1.73 bits per heavy atom. The summed E-state index contributed by atoms with van der Waals surface area (Å²) in [5.41, 5.74) is 1.10. The first-order chi connectivity index (χ1) is 12.3. The van der Waals surface area contributed by atoms with E-state index in [1.807, 2.05) is 36.4 Å². The average molecular weight is 424 g/mol. The summed E-state index contributed by atoms with van der Waals surface area (Å²) in [4.78, 5) is 2.27. The number of ether oxygens (including phenoxy) is 1. The number of benzene rings is 2. The first-order valence-electron chi connectivity index (χ1n) is 8.61. The maximum Gasteiger partial charge on any atom is 0.122 e. The fraction of sp³-hybridized carbons (Fsp3) is 0.300. The second kappa shape index (κ2) is 8.40. The normalized spacial score (nSPS) is 12.0. The van der Waals surface area contributed by atoms with Gasteiger partial charge in [0, 0.05) is 46.1 Å². The van der Waals surface area contributed by atoms with Crippen LogP contribution in [0, 0.1) is 0 Å². The summed E-state index contributed by atoms with van der Waals surface area (Å²) in [5, 5.41) is 2.66. The number of hydrogen-bond donors (Lipinski definition) is 0. The van der Waals surface area contributed by atoms with Gasteiger partial charge in [0.1, 0.15) is 6.73 Å². The minimum atomic E-state index is -1.07. The summed E-state index contributed by atoms with van der Waals surface area (Å²) in [6.07, 6.45) is 2.07. The Bertz CT molecular complexity index is 887. The predicted molar refractivity (Wildman–Crippen MR) is 117 cm³/mol. The number of rotatable bonds is 7. The van der Waals surface area contributed by atoms with Gasteiger partial charge in [-0.05, 0) is 48.5 Å². The molecular weight excluding hydrogens is 401 g/mol. The van der Waals surface area contributed by atoms with Crippen molar-refractivity contribution in [2.75, 3.05) is 6.61 Å². The molecule has 0 aliphatic heterocycles. The van der Waals surface area contributed by atoms with Gasteiger partial charge in [0.05, 0.1) is 5.52 Å². The van der Waals surface area contributed by atoms with Gasteiger partial charge >= 0.3 is 0 Å². The highest BCUT2D eigenvalue weighted by atomic mass is 35.5. The molecule has 0 spiro atoms. The quantitative estimate of drug-likeness (QED) is 0.290. The Labute approximate surface area is 170 Å². The highest BCUT2D eigenvalue weighted by Gasteiger charge is 2.13. The zero-order valence-electron chi connectivity index (χ0n) is 15.3. The minimum Gasteiger partial charge on any atom is -0.361 e. The number of aromatic nitrogens is 1. The van der Waals surface area contributed by atoms with Crippen LogP contribution in [0.5, 0.6) is 0 Å². The summed E-state index contributed by atoms with van der Waals surface area (Å²) in [6, 6.07) is 15.2. The molecule has 1 aromatic heterocycles. The molecule has 0 atom stereocenters. The van der Waals surface area contributed by atoms with Crippen LogP contribution in [0.4, 0.5) is 0 Å². The minimum absolute atomic E-state index is 0.555. The van der Waals surface area contributed by atoms with Gasteiger partial charge in [0.2, 0.25) is 0 Å². The second-order valence-corrected chi connectivity index (χ2v) is 15.1. The van der Waals surface area contributed by atoms with E-state index in [4.69, 9.17) is 27.9 Å². The molecule has 26 heavy (non-hydrogen) atoms. The van der Waals surface area contributed by atoms with Crippen LogP contribution in [-0.4, -0.2) is 19.2 Å². The van der Waals surface area contributed by atoms with Crippen molar-refractivity contribution in [2.45, 2.75) is 42.2 Å². The predicted octanol–water partition coefficient (Wildman–Crippen LogP) is 7.41. The summed E-state index contributed by atoms with van der Waals surface area (Å²) in [7, 11) is -1.07. The van der Waals surface area contributed by atoms with Crippen LogP contribution in [0.2, 0.25) is 35.7 Å². The van der Waals surface area contributed by atoms with Crippen molar-refractivity contribution in [3.8, 4) is 0 Å². The van der Waals surface area contributed by atoms with E-state index in [1.54, 1.807) is 11.8 Å². The fourth-order valence-electron chi connectivity index (χ4n) is 2.60. The Morgan fingerprint density at radius 1 is 1.00 bits per heavy atom. The van der Waals surface area contributed by atoms with Gasteiger partial charge in [0.25, 0.3) is 0 Å². The molecule has 0 N–H and O–H groups in total. The molecule has 3 aromatic rings. The highest BCUT2D eigenvalue weighted by Crippen LogP contribution is 2.36. The van der Waals surface area contributed by atoms with E-state index in [1.165, 1.54) is 11.4 Å². The van der Waals surface area contributed by atoms with Crippen LogP contribution in [0.15, 0.2) is 58.5 Å². The van der Waals surface area contributed by atoms with Crippen molar-refractivity contribution in [1.82, 2.24) is 4.57 Å². The molecular formula is C20H23Cl2NOSSi. The molecule has 0 saturated heterocycles. The van der Waals surface area contributed by atoms with Gasteiger partial charge in [-0.3, -0.25) is 0 Å². The van der Waals surface area contributed by atoms with E-state index < -0.39 is 8.07 Å². The van der Waals surface area contributed by atoms with Gasteiger partial charge < -0.3 is 9.30 Å². The van der Waals surface area contributed by atoms with Crippen LogP contribution >= 0.6 is 35.0 Å². The molecule has 6 heteroatoms. The van der Waals surface area contributed by atoms with Crippen molar-refractivity contribution in [2.24, 2.45) is 0 Å². The van der Waals surface area contributed by atoms with E-state index in [2.05, 4.69) is 36.5 Å². The molecule has 0 aliphatic carbocycles. The van der Waals surface area contributed by atoms with E-state index in [-0.39, 0.29) is 0 Å². The second-order valence-electron chi connectivity index (χ2n) is 7.53. The van der Waals surface area contributed by atoms with Crippen molar-refractivity contribution in [3.63, 3.8) is 0 Å². The molecule has 2 nitrogen and oxygen atoms in total. The van der Waals surface area contributed by atoms with Gasteiger partial charge in [-0.2, -0.15) is 0 Å². The zero-order valence-corrected chi connectivity index (χ0v) is 18.6. The third-order valence-corrected chi connectivity index (χ3v) is 7.32. The Morgan fingerprint density at radius 3 is 2.42 bits per heavy atom. The molecule has 0 aliphatic rings. The molecule has 3 rings (SSSR count). The third kappa shape index (κ3) is 5.30. The maximum absolute atomic E-state index is 6.38. The monoisotopic (exact) mass is 423 g/mol. The fourth-order valence-corrected chi connectivity index (χ4v) is 4.75. The smallest absolute Gasteiger partial charge is 0.122 e. The molecule has 0 bridgehead atoms. The molecule has 0 fully saturated rings. The largest absolute Gasteiger partial charge is 0.361 e. The summed E-state index contributed by atoms with van der Waals surface area (Å²) < 4.78 is 8.03. The third-order valence-electron chi connectivity index (χ3n) is 4.08. The Balaban J connectivity index is 1.78. The average Bonchev–Trinajstić information content (AvgIpc) is 2.96. The standard InChI is InChI=1S/C20H23Cl2NOSSi/c1-26(2,3)11-10-24-14-23-9-8-18-19(23)12-16(22)13-20(18)25-17-6-4-15(21)5-7-17/h4-9,12-13H,10-11,14H2,1-3H3. The molecule has 1 heterocycles. The van der Waals surface area contributed by atoms with Crippen LogP contribution in [0.3, 0.4) is 0 Å². The van der Waals surface area contributed by atoms with Crippen molar-refractivity contribution in [1.29, 1.82) is 0 Å². The van der Waals surface area contributed by atoms with E-state index in [9.17, 15) is 0 Å². The lowest BCUT2D eigenvalue weighted by atomic mass is 10.2. The molecule has 0 amide bonds. The van der Waals surface area contributed by atoms with Gasteiger partial charge in [-0.1, -0.05) is 54.6 Å². The molecule has 2 aromatic carbocycles. The Kier molecular flexibility index (Phi) is 6.41. The van der Waals surface area contributed by atoms with Crippen molar-refractivity contribution >= 4 is 53.9 Å². The summed E-state index contributed by atoms with van der Waals surface area (Å²) >= 11 is 14.1. The first kappa shape index (κ1) is 19.8. The molecule has 138 valence electrons. The van der Waals surface area contributed by atoms with Crippen LogP contribution < -0.4 is 0 Å². The first-order valence-corrected chi connectivity index (χ1v) is 13.9. The van der Waals surface area contributed by atoms with Crippen molar-refractivity contribution in [3.05, 3.63) is 58.7 Å². The van der Waals surface area contributed by atoms with Gasteiger partial charge in [-0.25, -0.2) is 0 Å². The molecule has 0 radical (unpaired) electrons. The van der Waals surface area contributed by atoms with E-state index in [0.717, 1.165) is 32.0 Å². The van der Waals surface area contributed by atoms with Crippen molar-refractivity contribution < 1.29 is 4.74 Å². The number of nitrogens with zero attached hydrogens (tertiary/aromatic N) is 1. The lowest BCUT2D eigenvalue weighted by Crippen LogP contribution is -2.21. The zero-order chi connectivity index (χ0) is 18.7. The number of fused-ring (bicyclic) bond motifs is 1. The summed E-state index contributed by atoms with van der Waals surface area (Å²) in [5.74, 6) is 0. The topological polar surface area (TPSA) is 14.2 Å². The van der Waals surface area contributed by atoms with E-state index >= 15 is 0 Å². The summed E-state index contributed by atoms with van der Waals surface area (Å²) in [6.45, 7) is 8.45. The molecule has 0 unspecified atom stereocenters. The Hall–Kier alpha value is -0.913. The lowest BCUT2D eigenvalue weighted by Gasteiger charge is -2.16. The lowest BCUT2D eigenvalue weighted by molar-refractivity contribution is 0.0902. The van der Waals surface area contributed by atoms with Gasteiger partial charge in [0.15, 0.2) is 0 Å². The van der Waals surface area contributed by atoms with Crippen LogP contribution in [-0.2, 0) is 11.5 Å². The maximum atomic E-state index is 6.38. The van der Waals surface area contributed by atoms with Crippen LogP contribution in [0.25, 0.3) is 10.9 Å². The molecule has 0 saturated carbocycles. The SMILES string of the molecule is C[Si](C)(C)CCOCn1ccc2c(Sc3ccc(Cl)cc3)cc(Cl)cc21. The van der Waals surface area contributed by atoms with E-state index in [0.29, 0.717) is 6.73 Å². The van der Waals surface area contributed by atoms with Gasteiger partial charge in [-0.15, -0.1) is 0 Å². The number of hydrogen-bond acceptors (Lipinski definition) is 2. The number of halogens is 2. The highest BCUT2D eigenvalue weighted by molar-refractivity contribution is 7.99.